The van der Waals surface area contributed by atoms with Gasteiger partial charge in [-0.25, -0.2) is 4.79 Å². The molecule has 3 aromatic rings. The second kappa shape index (κ2) is 17.1. The Morgan fingerprint density at radius 2 is 1.38 bits per heavy atom. The molecule has 0 saturated carbocycles. The van der Waals surface area contributed by atoms with Gasteiger partial charge in [-0.1, -0.05) is 91.9 Å². The summed E-state index contributed by atoms with van der Waals surface area (Å²) < 4.78 is 29.6. The van der Waals surface area contributed by atoms with E-state index in [0.29, 0.717) is 31.4 Å². The minimum Gasteiger partial charge on any atom is -0.454 e. The minimum absolute atomic E-state index is 0.353. The zero-order valence-corrected chi connectivity index (χ0v) is 27.2. The summed E-state index contributed by atoms with van der Waals surface area (Å²) in [4.78, 5) is 41.1. The number of hydrogen-bond acceptors (Lipinski definition) is 9. The number of ether oxygens (including phenoxy) is 5. The third-order valence-corrected chi connectivity index (χ3v) is 8.66. The summed E-state index contributed by atoms with van der Waals surface area (Å²) in [6.07, 6.45) is -1.17. The van der Waals surface area contributed by atoms with Crippen molar-refractivity contribution in [3.05, 3.63) is 114 Å². The highest BCUT2D eigenvalue weighted by Gasteiger charge is 2.53. The lowest BCUT2D eigenvalue weighted by molar-refractivity contribution is -0.300. The van der Waals surface area contributed by atoms with Gasteiger partial charge in [0.2, 0.25) is 0 Å². The lowest BCUT2D eigenvalue weighted by atomic mass is 9.92. The number of aliphatic hydroxyl groups is 1. The van der Waals surface area contributed by atoms with Crippen molar-refractivity contribution in [1.82, 2.24) is 0 Å². The number of carbonyl (C=O) groups excluding carboxylic acids is 3. The van der Waals surface area contributed by atoms with Crippen LogP contribution >= 0.6 is 0 Å². The standard InChI is InChI=1S/C38H43NO9/c1-3-25-17-12-20-30(23-25)39-38(43)48-32-31(24-40)45-37(44-2)34-33(32)46-35(41)28(21-26-13-6-4-7-14-26)18-10-11-19-29(36(42)47-34)22-27-15-8-5-9-16-27/h4-17,20,23,28-29,31-34,37,40H,3,18-19,21-22,24H2,1-2H3,(H,39,43)/b11-10+/t28-,29-,31-,32-,33+,34-,37+/m1/s1. The van der Waals surface area contributed by atoms with Crippen molar-refractivity contribution in [1.29, 1.82) is 0 Å². The molecule has 48 heavy (non-hydrogen) atoms. The van der Waals surface area contributed by atoms with E-state index in [1.54, 1.807) is 6.07 Å². The summed E-state index contributed by atoms with van der Waals surface area (Å²) in [5.41, 5.74) is 3.41. The van der Waals surface area contributed by atoms with E-state index in [2.05, 4.69) is 5.32 Å². The van der Waals surface area contributed by atoms with Crippen LogP contribution in [0.2, 0.25) is 0 Å². The Kier molecular flexibility index (Phi) is 12.4. The molecule has 7 atom stereocenters. The SMILES string of the molecule is CCc1cccc(NC(=O)O[C@H]2[C@@H]3OC(=O)[C@@H](Cc4ccccc4)C/C=C/C[C@H](Cc4ccccc4)C(=O)O[C@H]3[C@@H](OC)O[C@@H]2CO)c1. The number of benzene rings is 3. The molecule has 2 N–H and O–H groups in total. The first-order valence-corrected chi connectivity index (χ1v) is 16.4. The van der Waals surface area contributed by atoms with Gasteiger partial charge in [-0.3, -0.25) is 14.9 Å². The monoisotopic (exact) mass is 657 g/mol. The number of methoxy groups -OCH3 is 1. The van der Waals surface area contributed by atoms with Crippen LogP contribution in [-0.4, -0.2) is 67.6 Å². The molecule has 0 aromatic heterocycles. The largest absolute Gasteiger partial charge is 0.454 e. The second-order valence-electron chi connectivity index (χ2n) is 12.0. The van der Waals surface area contributed by atoms with E-state index in [1.807, 2.05) is 97.9 Å². The number of anilines is 1. The first-order valence-electron chi connectivity index (χ1n) is 16.4. The second-order valence-corrected chi connectivity index (χ2v) is 12.0. The number of aliphatic hydroxyl groups excluding tert-OH is 1. The van der Waals surface area contributed by atoms with E-state index in [0.717, 1.165) is 23.1 Å². The highest BCUT2D eigenvalue weighted by Crippen LogP contribution is 2.32. The van der Waals surface area contributed by atoms with Gasteiger partial charge < -0.3 is 28.8 Å². The third kappa shape index (κ3) is 9.09. The maximum Gasteiger partial charge on any atom is 0.412 e. The van der Waals surface area contributed by atoms with E-state index in [4.69, 9.17) is 23.7 Å². The molecule has 0 unspecified atom stereocenters. The average Bonchev–Trinajstić information content (AvgIpc) is 3.10. The maximum absolute atomic E-state index is 14.0. The lowest BCUT2D eigenvalue weighted by Crippen LogP contribution is -2.63. The number of allylic oxidation sites excluding steroid dienone is 2. The molecule has 1 saturated heterocycles. The molecule has 10 nitrogen and oxygen atoms in total. The van der Waals surface area contributed by atoms with Gasteiger partial charge in [0.25, 0.3) is 0 Å². The summed E-state index contributed by atoms with van der Waals surface area (Å²) >= 11 is 0. The van der Waals surface area contributed by atoms with Gasteiger partial charge in [-0.15, -0.1) is 0 Å². The Morgan fingerprint density at radius 1 is 0.812 bits per heavy atom. The zero-order chi connectivity index (χ0) is 33.9. The van der Waals surface area contributed by atoms with E-state index < -0.39 is 67.2 Å². The highest BCUT2D eigenvalue weighted by molar-refractivity contribution is 5.85. The van der Waals surface area contributed by atoms with Gasteiger partial charge in [0.05, 0.1) is 18.4 Å². The molecule has 1 fully saturated rings. The minimum atomic E-state index is -1.36. The molecule has 0 spiro atoms. The van der Waals surface area contributed by atoms with Crippen molar-refractivity contribution in [3.63, 3.8) is 0 Å². The molecule has 1 amide bonds. The Bertz CT molecular complexity index is 1530. The topological polar surface area (TPSA) is 130 Å². The molecular formula is C38H43NO9. The number of esters is 2. The molecule has 10 heteroatoms. The molecule has 0 bridgehead atoms. The van der Waals surface area contributed by atoms with Gasteiger partial charge in [0.15, 0.2) is 24.6 Å². The first-order chi connectivity index (χ1) is 23.4. The zero-order valence-electron chi connectivity index (χ0n) is 27.2. The van der Waals surface area contributed by atoms with Crippen LogP contribution in [0.5, 0.6) is 0 Å². The Balaban J connectivity index is 1.49. The van der Waals surface area contributed by atoms with Gasteiger partial charge >= 0.3 is 18.0 Å². The molecule has 2 aliphatic heterocycles. The van der Waals surface area contributed by atoms with E-state index in [-0.39, 0.29) is 0 Å². The predicted molar refractivity (Wildman–Crippen MR) is 178 cm³/mol. The van der Waals surface area contributed by atoms with Gasteiger partial charge in [-0.05, 0) is 60.9 Å². The molecule has 3 aromatic carbocycles. The molecule has 5 rings (SSSR count). The lowest BCUT2D eigenvalue weighted by Gasteiger charge is -2.44. The van der Waals surface area contributed by atoms with Crippen molar-refractivity contribution in [2.45, 2.75) is 69.7 Å². The Hall–Kier alpha value is -4.51. The number of amides is 1. The van der Waals surface area contributed by atoms with E-state index in [1.165, 1.54) is 7.11 Å². The van der Waals surface area contributed by atoms with Crippen molar-refractivity contribution < 1.29 is 43.2 Å². The number of aryl methyl sites for hydroxylation is 1. The molecular weight excluding hydrogens is 614 g/mol. The van der Waals surface area contributed by atoms with E-state index in [9.17, 15) is 19.5 Å². The average molecular weight is 658 g/mol. The molecule has 2 aliphatic rings. The normalized spacial score (nSPS) is 26.9. The summed E-state index contributed by atoms with van der Waals surface area (Å²) in [5, 5.41) is 13.1. The van der Waals surface area contributed by atoms with Crippen LogP contribution in [0, 0.1) is 11.8 Å². The summed E-state index contributed by atoms with van der Waals surface area (Å²) in [5.74, 6) is -2.30. The van der Waals surface area contributed by atoms with Crippen LogP contribution in [0.1, 0.15) is 36.5 Å². The third-order valence-electron chi connectivity index (χ3n) is 8.66. The van der Waals surface area contributed by atoms with Gasteiger partial charge in [-0.2, -0.15) is 0 Å². The number of hydrogen-bond donors (Lipinski definition) is 2. The number of carbonyl (C=O) groups is 3. The summed E-state index contributed by atoms with van der Waals surface area (Å²) in [7, 11) is 1.36. The van der Waals surface area contributed by atoms with Crippen LogP contribution in [0.25, 0.3) is 0 Å². The van der Waals surface area contributed by atoms with Gasteiger partial charge in [0, 0.05) is 12.8 Å². The van der Waals surface area contributed by atoms with Crippen LogP contribution in [0.4, 0.5) is 10.5 Å². The molecule has 2 heterocycles. The fraction of sp³-hybridized carbons (Fsp3) is 0.395. The summed E-state index contributed by atoms with van der Waals surface area (Å²) in [6.45, 7) is 1.41. The Morgan fingerprint density at radius 3 is 1.92 bits per heavy atom. The van der Waals surface area contributed by atoms with Crippen molar-refractivity contribution in [3.8, 4) is 0 Å². The van der Waals surface area contributed by atoms with Crippen molar-refractivity contribution >= 4 is 23.7 Å². The van der Waals surface area contributed by atoms with Crippen molar-refractivity contribution in [2.24, 2.45) is 11.8 Å². The fourth-order valence-corrected chi connectivity index (χ4v) is 6.06. The van der Waals surface area contributed by atoms with Crippen LogP contribution in [-0.2, 0) is 52.5 Å². The summed E-state index contributed by atoms with van der Waals surface area (Å²) in [6, 6.07) is 26.5. The van der Waals surface area contributed by atoms with Crippen molar-refractivity contribution in [2.75, 3.05) is 19.0 Å². The Labute approximate surface area is 281 Å². The van der Waals surface area contributed by atoms with Crippen LogP contribution in [0.3, 0.4) is 0 Å². The van der Waals surface area contributed by atoms with E-state index >= 15 is 0 Å². The predicted octanol–water partition coefficient (Wildman–Crippen LogP) is 5.42. The smallest absolute Gasteiger partial charge is 0.412 e. The first kappa shape index (κ1) is 34.8. The quantitative estimate of drug-likeness (QED) is 0.176. The molecule has 0 radical (unpaired) electrons. The number of rotatable bonds is 9. The maximum atomic E-state index is 14.0. The highest BCUT2D eigenvalue weighted by atomic mass is 16.7. The number of fused-ring (bicyclic) bond motifs is 1. The molecule has 0 aliphatic carbocycles. The van der Waals surface area contributed by atoms with Crippen LogP contribution in [0.15, 0.2) is 97.1 Å². The fourth-order valence-electron chi connectivity index (χ4n) is 6.06. The van der Waals surface area contributed by atoms with Gasteiger partial charge in [0.1, 0.15) is 6.10 Å². The molecule has 254 valence electrons. The van der Waals surface area contributed by atoms with Crippen LogP contribution < -0.4 is 5.32 Å². The number of nitrogens with one attached hydrogen (secondary N) is 1.